The molecule has 7 nitrogen and oxygen atoms in total. The highest BCUT2D eigenvalue weighted by molar-refractivity contribution is 6.32. The fourth-order valence-electron chi connectivity index (χ4n) is 2.52. The van der Waals surface area contributed by atoms with Crippen molar-refractivity contribution >= 4 is 29.2 Å². The Bertz CT molecular complexity index is 1010. The quantitative estimate of drug-likeness (QED) is 0.199. The molecule has 30 heavy (non-hydrogen) atoms. The molecular formula is C22H20ClN3O4. The molecule has 0 saturated heterocycles. The normalized spacial score (nSPS) is 10.7. The van der Waals surface area contributed by atoms with Crippen molar-refractivity contribution in [1.82, 2.24) is 0 Å². The van der Waals surface area contributed by atoms with E-state index < -0.39 is 4.92 Å². The van der Waals surface area contributed by atoms with Gasteiger partial charge in [-0.3, -0.25) is 15.5 Å². The second-order valence-electron chi connectivity index (χ2n) is 6.23. The van der Waals surface area contributed by atoms with E-state index in [1.54, 1.807) is 24.4 Å². The standard InChI is InChI=1S/C22H20ClN3O4/c23-21-7-1-2-8-22(21)30-14-4-13-29-20-6-3-5-17(15-20)16-24-25-18-9-11-19(12-10-18)26(27)28/h1-3,5-12,15-16,25H,4,13-14H2/b24-16-. The van der Waals surface area contributed by atoms with Gasteiger partial charge in [-0.2, -0.15) is 5.10 Å². The highest BCUT2D eigenvalue weighted by atomic mass is 35.5. The van der Waals surface area contributed by atoms with Crippen LogP contribution in [0, 0.1) is 10.1 Å². The first-order valence-corrected chi connectivity index (χ1v) is 9.63. The Kier molecular flexibility index (Phi) is 7.63. The SMILES string of the molecule is O=[N+]([O-])c1ccc(N/N=C\c2cccc(OCCCOc3ccccc3Cl)c2)cc1. The molecule has 8 heteroatoms. The molecule has 3 aromatic rings. The van der Waals surface area contributed by atoms with Crippen LogP contribution in [0.3, 0.4) is 0 Å². The fourth-order valence-corrected chi connectivity index (χ4v) is 2.71. The molecule has 0 unspecified atom stereocenters. The summed E-state index contributed by atoms with van der Waals surface area (Å²) in [6.45, 7) is 1.01. The first-order valence-electron chi connectivity index (χ1n) is 9.25. The lowest BCUT2D eigenvalue weighted by Gasteiger charge is -2.09. The molecular weight excluding hydrogens is 406 g/mol. The van der Waals surface area contributed by atoms with E-state index in [9.17, 15) is 10.1 Å². The zero-order chi connectivity index (χ0) is 21.2. The Morgan fingerprint density at radius 3 is 2.53 bits per heavy atom. The number of anilines is 1. The molecule has 0 aliphatic rings. The van der Waals surface area contributed by atoms with E-state index in [2.05, 4.69) is 10.5 Å². The minimum Gasteiger partial charge on any atom is -0.493 e. The molecule has 0 fully saturated rings. The number of non-ortho nitro benzene ring substituents is 1. The summed E-state index contributed by atoms with van der Waals surface area (Å²) in [6, 6.07) is 20.9. The number of hydrogen-bond acceptors (Lipinski definition) is 6. The van der Waals surface area contributed by atoms with Gasteiger partial charge in [0.1, 0.15) is 11.5 Å². The molecule has 3 aromatic carbocycles. The summed E-state index contributed by atoms with van der Waals surface area (Å²) in [4.78, 5) is 10.2. The van der Waals surface area contributed by atoms with E-state index >= 15 is 0 Å². The van der Waals surface area contributed by atoms with Crippen LogP contribution in [0.2, 0.25) is 5.02 Å². The third-order valence-electron chi connectivity index (χ3n) is 4.00. The van der Waals surface area contributed by atoms with Crippen LogP contribution in [0.4, 0.5) is 11.4 Å². The van der Waals surface area contributed by atoms with Crippen LogP contribution < -0.4 is 14.9 Å². The summed E-state index contributed by atoms with van der Waals surface area (Å²) in [6.07, 6.45) is 2.36. The minimum atomic E-state index is -0.443. The largest absolute Gasteiger partial charge is 0.493 e. The van der Waals surface area contributed by atoms with Gasteiger partial charge in [-0.15, -0.1) is 0 Å². The van der Waals surface area contributed by atoms with Gasteiger partial charge in [-0.1, -0.05) is 35.9 Å². The smallest absolute Gasteiger partial charge is 0.269 e. The Labute approximate surface area is 179 Å². The number of nitrogens with one attached hydrogen (secondary N) is 1. The molecule has 0 radical (unpaired) electrons. The second-order valence-corrected chi connectivity index (χ2v) is 6.63. The fraction of sp³-hybridized carbons (Fsp3) is 0.136. The number of nitro groups is 1. The van der Waals surface area contributed by atoms with Crippen LogP contribution in [0.25, 0.3) is 0 Å². The van der Waals surface area contributed by atoms with Crippen molar-refractivity contribution < 1.29 is 14.4 Å². The minimum absolute atomic E-state index is 0.0339. The van der Waals surface area contributed by atoms with E-state index in [0.717, 1.165) is 11.3 Å². The molecule has 0 spiro atoms. The number of hydrazone groups is 1. The first-order chi connectivity index (χ1) is 14.6. The van der Waals surface area contributed by atoms with E-state index in [1.165, 1.54) is 12.1 Å². The molecule has 0 heterocycles. The average molecular weight is 426 g/mol. The van der Waals surface area contributed by atoms with Crippen molar-refractivity contribution in [3.05, 3.63) is 93.5 Å². The lowest BCUT2D eigenvalue weighted by Crippen LogP contribution is -2.05. The molecule has 1 N–H and O–H groups in total. The number of halogens is 1. The number of para-hydroxylation sites is 1. The lowest BCUT2D eigenvalue weighted by molar-refractivity contribution is -0.384. The average Bonchev–Trinajstić information content (AvgIpc) is 2.75. The third-order valence-corrected chi connectivity index (χ3v) is 4.31. The molecule has 154 valence electrons. The Morgan fingerprint density at radius 2 is 1.77 bits per heavy atom. The lowest BCUT2D eigenvalue weighted by atomic mass is 10.2. The van der Waals surface area contributed by atoms with Gasteiger partial charge in [-0.25, -0.2) is 0 Å². The maximum atomic E-state index is 10.7. The summed E-state index contributed by atoms with van der Waals surface area (Å²) in [5, 5.41) is 15.4. The first kappa shape index (κ1) is 21.1. The van der Waals surface area contributed by atoms with Crippen molar-refractivity contribution in [2.45, 2.75) is 6.42 Å². The van der Waals surface area contributed by atoms with Crippen molar-refractivity contribution in [3.8, 4) is 11.5 Å². The zero-order valence-electron chi connectivity index (χ0n) is 16.0. The van der Waals surface area contributed by atoms with Gasteiger partial charge in [0, 0.05) is 18.6 Å². The van der Waals surface area contributed by atoms with E-state index in [1.807, 2.05) is 42.5 Å². The van der Waals surface area contributed by atoms with Crippen LogP contribution in [0.15, 0.2) is 77.9 Å². The molecule has 0 saturated carbocycles. The maximum absolute atomic E-state index is 10.7. The van der Waals surface area contributed by atoms with E-state index in [0.29, 0.717) is 36.1 Å². The van der Waals surface area contributed by atoms with Crippen LogP contribution >= 0.6 is 11.6 Å². The van der Waals surface area contributed by atoms with Crippen LogP contribution in [0.1, 0.15) is 12.0 Å². The predicted molar refractivity (Wildman–Crippen MR) is 118 cm³/mol. The Morgan fingerprint density at radius 1 is 1.00 bits per heavy atom. The number of rotatable bonds is 10. The highest BCUT2D eigenvalue weighted by Crippen LogP contribution is 2.23. The third kappa shape index (κ3) is 6.49. The van der Waals surface area contributed by atoms with Crippen molar-refractivity contribution in [1.29, 1.82) is 0 Å². The van der Waals surface area contributed by atoms with Gasteiger partial charge in [0.25, 0.3) is 5.69 Å². The molecule has 0 aliphatic carbocycles. The number of ether oxygens (including phenoxy) is 2. The summed E-state index contributed by atoms with van der Waals surface area (Å²) in [5.41, 5.74) is 4.38. The van der Waals surface area contributed by atoms with Gasteiger partial charge in [0.05, 0.1) is 35.1 Å². The van der Waals surface area contributed by atoms with Crippen molar-refractivity contribution in [2.75, 3.05) is 18.6 Å². The van der Waals surface area contributed by atoms with Crippen molar-refractivity contribution in [3.63, 3.8) is 0 Å². The molecule has 0 amide bonds. The Balaban J connectivity index is 1.43. The van der Waals surface area contributed by atoms with E-state index in [-0.39, 0.29) is 5.69 Å². The van der Waals surface area contributed by atoms with Gasteiger partial charge in [0.15, 0.2) is 0 Å². The molecule has 0 aliphatic heterocycles. The summed E-state index contributed by atoms with van der Waals surface area (Å²) >= 11 is 6.05. The monoisotopic (exact) mass is 425 g/mol. The van der Waals surface area contributed by atoms with Crippen LogP contribution in [-0.4, -0.2) is 24.4 Å². The molecule has 0 atom stereocenters. The summed E-state index contributed by atoms with van der Waals surface area (Å²) in [5.74, 6) is 1.39. The zero-order valence-corrected chi connectivity index (χ0v) is 16.8. The number of nitro benzene ring substituents is 1. The summed E-state index contributed by atoms with van der Waals surface area (Å²) in [7, 11) is 0. The highest BCUT2D eigenvalue weighted by Gasteiger charge is 2.03. The van der Waals surface area contributed by atoms with Crippen LogP contribution in [0.5, 0.6) is 11.5 Å². The van der Waals surface area contributed by atoms with Gasteiger partial charge >= 0.3 is 0 Å². The number of benzene rings is 3. The number of hydrogen-bond donors (Lipinski definition) is 1. The molecule has 0 bridgehead atoms. The van der Waals surface area contributed by atoms with Crippen LogP contribution in [-0.2, 0) is 0 Å². The van der Waals surface area contributed by atoms with Gasteiger partial charge in [0.2, 0.25) is 0 Å². The second kappa shape index (κ2) is 10.8. The van der Waals surface area contributed by atoms with Gasteiger partial charge in [-0.05, 0) is 42.0 Å². The predicted octanol–water partition coefficient (Wildman–Crippen LogP) is 5.54. The van der Waals surface area contributed by atoms with Gasteiger partial charge < -0.3 is 9.47 Å². The summed E-state index contributed by atoms with van der Waals surface area (Å²) < 4.78 is 11.4. The van der Waals surface area contributed by atoms with Crippen molar-refractivity contribution in [2.24, 2.45) is 5.10 Å². The van der Waals surface area contributed by atoms with E-state index in [4.69, 9.17) is 21.1 Å². The molecule has 3 rings (SSSR count). The Hall–Kier alpha value is -3.58. The maximum Gasteiger partial charge on any atom is 0.269 e. The topological polar surface area (TPSA) is 86.0 Å². The molecule has 0 aromatic heterocycles. The number of nitrogens with zero attached hydrogens (tertiary/aromatic N) is 2.